The Balaban J connectivity index is 2.45. The van der Waals surface area contributed by atoms with Crippen molar-refractivity contribution in [3.05, 3.63) is 15.5 Å². The van der Waals surface area contributed by atoms with Crippen molar-refractivity contribution in [2.45, 2.75) is 26.4 Å². The lowest BCUT2D eigenvalue weighted by atomic mass is 10.4. The van der Waals surface area contributed by atoms with Gasteiger partial charge in [0.05, 0.1) is 12.5 Å². The molecule has 1 aromatic rings. The predicted octanol–water partition coefficient (Wildman–Crippen LogP) is 2.29. The SMILES string of the molecule is CC(C)OC(=O)Cc1cnc(Cl)s1. The van der Waals surface area contributed by atoms with Crippen molar-refractivity contribution in [3.8, 4) is 0 Å². The van der Waals surface area contributed by atoms with E-state index in [1.807, 2.05) is 13.8 Å². The lowest BCUT2D eigenvalue weighted by Gasteiger charge is -2.05. The first-order valence-electron chi connectivity index (χ1n) is 3.87. The number of carbonyl (C=O) groups is 1. The molecule has 13 heavy (non-hydrogen) atoms. The van der Waals surface area contributed by atoms with E-state index in [2.05, 4.69) is 4.98 Å². The molecule has 0 bridgehead atoms. The van der Waals surface area contributed by atoms with Gasteiger partial charge in [-0.2, -0.15) is 0 Å². The maximum absolute atomic E-state index is 11.1. The first-order chi connectivity index (χ1) is 6.08. The van der Waals surface area contributed by atoms with Crippen molar-refractivity contribution in [2.24, 2.45) is 0 Å². The van der Waals surface area contributed by atoms with Crippen LogP contribution < -0.4 is 0 Å². The molecule has 0 aromatic carbocycles. The molecule has 1 rings (SSSR count). The van der Waals surface area contributed by atoms with Crippen molar-refractivity contribution in [1.29, 1.82) is 0 Å². The number of nitrogens with zero attached hydrogens (tertiary/aromatic N) is 1. The van der Waals surface area contributed by atoms with E-state index in [-0.39, 0.29) is 18.5 Å². The van der Waals surface area contributed by atoms with Crippen LogP contribution >= 0.6 is 22.9 Å². The maximum atomic E-state index is 11.1. The predicted molar refractivity (Wildman–Crippen MR) is 52.1 cm³/mol. The molecule has 3 nitrogen and oxygen atoms in total. The fourth-order valence-corrected chi connectivity index (χ4v) is 1.78. The summed E-state index contributed by atoms with van der Waals surface area (Å²) in [6.45, 7) is 3.63. The largest absolute Gasteiger partial charge is 0.463 e. The van der Waals surface area contributed by atoms with Crippen LogP contribution in [0.5, 0.6) is 0 Å². The van der Waals surface area contributed by atoms with Gasteiger partial charge in [0.1, 0.15) is 0 Å². The molecule has 1 heterocycles. The van der Waals surface area contributed by atoms with E-state index in [1.165, 1.54) is 11.3 Å². The zero-order chi connectivity index (χ0) is 9.84. The quantitative estimate of drug-likeness (QED) is 0.733. The molecule has 0 fully saturated rings. The van der Waals surface area contributed by atoms with Gasteiger partial charge in [-0.15, -0.1) is 11.3 Å². The highest BCUT2D eigenvalue weighted by Crippen LogP contribution is 2.18. The van der Waals surface area contributed by atoms with E-state index in [0.29, 0.717) is 4.47 Å². The number of halogens is 1. The second kappa shape index (κ2) is 4.58. The number of thiazole rings is 1. The second-order valence-electron chi connectivity index (χ2n) is 2.79. The summed E-state index contributed by atoms with van der Waals surface area (Å²) in [7, 11) is 0. The van der Waals surface area contributed by atoms with Gasteiger partial charge in [-0.3, -0.25) is 4.79 Å². The lowest BCUT2D eigenvalue weighted by Crippen LogP contribution is -2.12. The van der Waals surface area contributed by atoms with Crippen LogP contribution in [0.4, 0.5) is 0 Å². The van der Waals surface area contributed by atoms with Gasteiger partial charge in [-0.25, -0.2) is 4.98 Å². The summed E-state index contributed by atoms with van der Waals surface area (Å²) in [5.74, 6) is -0.240. The fraction of sp³-hybridized carbons (Fsp3) is 0.500. The molecular formula is C8H10ClNO2S. The number of rotatable bonds is 3. The fourth-order valence-electron chi connectivity index (χ4n) is 0.812. The summed E-state index contributed by atoms with van der Waals surface area (Å²) in [5.41, 5.74) is 0. The number of hydrogen-bond acceptors (Lipinski definition) is 4. The molecule has 0 radical (unpaired) electrons. The molecule has 0 N–H and O–H groups in total. The van der Waals surface area contributed by atoms with E-state index >= 15 is 0 Å². The monoisotopic (exact) mass is 219 g/mol. The van der Waals surface area contributed by atoms with Crippen LogP contribution in [0.1, 0.15) is 18.7 Å². The Morgan fingerprint density at radius 2 is 2.46 bits per heavy atom. The van der Waals surface area contributed by atoms with Gasteiger partial charge < -0.3 is 4.74 Å². The number of aromatic nitrogens is 1. The second-order valence-corrected chi connectivity index (χ2v) is 4.49. The minimum absolute atomic E-state index is 0.0732. The lowest BCUT2D eigenvalue weighted by molar-refractivity contribution is -0.146. The topological polar surface area (TPSA) is 39.2 Å². The average Bonchev–Trinajstić information content (AvgIpc) is 2.33. The van der Waals surface area contributed by atoms with Gasteiger partial charge in [-0.05, 0) is 13.8 Å². The number of carbonyl (C=O) groups excluding carboxylic acids is 1. The van der Waals surface area contributed by atoms with Crippen LogP contribution in [-0.4, -0.2) is 17.1 Å². The van der Waals surface area contributed by atoms with Crippen LogP contribution in [0.25, 0.3) is 0 Å². The first-order valence-corrected chi connectivity index (χ1v) is 5.07. The smallest absolute Gasteiger partial charge is 0.311 e. The summed E-state index contributed by atoms with van der Waals surface area (Å²) in [4.78, 5) is 15.8. The minimum Gasteiger partial charge on any atom is -0.463 e. The number of esters is 1. The van der Waals surface area contributed by atoms with Crippen molar-refractivity contribution < 1.29 is 9.53 Å². The van der Waals surface area contributed by atoms with Crippen LogP contribution in [0.2, 0.25) is 4.47 Å². The third-order valence-electron chi connectivity index (χ3n) is 1.21. The summed E-state index contributed by atoms with van der Waals surface area (Å²) in [6.07, 6.45) is 1.77. The van der Waals surface area contributed by atoms with Crippen molar-refractivity contribution in [3.63, 3.8) is 0 Å². The Bertz CT molecular complexity index is 298. The Morgan fingerprint density at radius 1 is 1.77 bits per heavy atom. The van der Waals surface area contributed by atoms with Gasteiger partial charge in [0.25, 0.3) is 0 Å². The van der Waals surface area contributed by atoms with Gasteiger partial charge in [0.15, 0.2) is 4.47 Å². The van der Waals surface area contributed by atoms with Gasteiger partial charge in [0, 0.05) is 11.1 Å². The standard InChI is InChI=1S/C8H10ClNO2S/c1-5(2)12-7(11)3-6-4-10-8(9)13-6/h4-5H,3H2,1-2H3. The van der Waals surface area contributed by atoms with Crippen LogP contribution in [-0.2, 0) is 16.0 Å². The summed E-state index contributed by atoms with van der Waals surface area (Å²) >= 11 is 6.90. The molecule has 0 amide bonds. The molecular weight excluding hydrogens is 210 g/mol. The van der Waals surface area contributed by atoms with E-state index in [0.717, 1.165) is 4.88 Å². The minimum atomic E-state index is -0.240. The molecule has 5 heteroatoms. The Hall–Kier alpha value is -0.610. The highest BCUT2D eigenvalue weighted by molar-refractivity contribution is 7.15. The van der Waals surface area contributed by atoms with Gasteiger partial charge in [-0.1, -0.05) is 11.6 Å². The summed E-state index contributed by atoms with van der Waals surface area (Å²) in [6, 6.07) is 0. The van der Waals surface area contributed by atoms with Crippen molar-refractivity contribution in [1.82, 2.24) is 4.98 Å². The first kappa shape index (κ1) is 10.5. The number of hydrogen-bond donors (Lipinski definition) is 0. The highest BCUT2D eigenvalue weighted by Gasteiger charge is 2.09. The molecule has 0 aliphatic heterocycles. The van der Waals surface area contributed by atoms with Crippen molar-refractivity contribution in [2.75, 3.05) is 0 Å². The van der Waals surface area contributed by atoms with Gasteiger partial charge in [0.2, 0.25) is 0 Å². The van der Waals surface area contributed by atoms with Crippen LogP contribution in [0.15, 0.2) is 6.20 Å². The third-order valence-corrected chi connectivity index (χ3v) is 2.33. The molecule has 0 unspecified atom stereocenters. The summed E-state index contributed by atoms with van der Waals surface area (Å²) in [5, 5.41) is 0. The average molecular weight is 220 g/mol. The Morgan fingerprint density at radius 3 is 2.92 bits per heavy atom. The molecule has 72 valence electrons. The zero-order valence-electron chi connectivity index (χ0n) is 7.41. The van der Waals surface area contributed by atoms with E-state index < -0.39 is 0 Å². The third kappa shape index (κ3) is 3.74. The molecule has 0 saturated heterocycles. The van der Waals surface area contributed by atoms with Gasteiger partial charge >= 0.3 is 5.97 Å². The van der Waals surface area contributed by atoms with E-state index in [4.69, 9.17) is 16.3 Å². The maximum Gasteiger partial charge on any atom is 0.311 e. The van der Waals surface area contributed by atoms with E-state index in [9.17, 15) is 4.79 Å². The Labute approximate surface area is 85.7 Å². The normalized spacial score (nSPS) is 10.5. The zero-order valence-corrected chi connectivity index (χ0v) is 8.98. The van der Waals surface area contributed by atoms with E-state index in [1.54, 1.807) is 6.20 Å². The van der Waals surface area contributed by atoms with Crippen LogP contribution in [0.3, 0.4) is 0 Å². The molecule has 0 aliphatic rings. The van der Waals surface area contributed by atoms with Crippen molar-refractivity contribution >= 4 is 28.9 Å². The number of ether oxygens (including phenoxy) is 1. The molecule has 0 aliphatic carbocycles. The summed E-state index contributed by atoms with van der Waals surface area (Å²) < 4.78 is 5.41. The molecule has 0 saturated carbocycles. The van der Waals surface area contributed by atoms with Crippen LogP contribution in [0, 0.1) is 0 Å². The molecule has 0 atom stereocenters. The molecule has 1 aromatic heterocycles. The Kier molecular flexibility index (Phi) is 3.69. The molecule has 0 spiro atoms. The highest BCUT2D eigenvalue weighted by atomic mass is 35.5.